The van der Waals surface area contributed by atoms with Crippen LogP contribution in [0.3, 0.4) is 0 Å². The Balaban J connectivity index is 2.86. The van der Waals surface area contributed by atoms with Gasteiger partial charge in [-0.2, -0.15) is 0 Å². The highest BCUT2D eigenvalue weighted by Crippen LogP contribution is 2.17. The molecule has 0 bridgehead atoms. The molecule has 1 aromatic rings. The van der Waals surface area contributed by atoms with Gasteiger partial charge >= 0.3 is 12.1 Å². The molecule has 7 heteroatoms. The van der Waals surface area contributed by atoms with Crippen LogP contribution in [0.5, 0.6) is 0 Å². The number of nitrogens with one attached hydrogen (secondary N) is 1. The first-order valence-corrected chi connectivity index (χ1v) is 8.26. The van der Waals surface area contributed by atoms with Gasteiger partial charge in [0.05, 0.1) is 5.56 Å². The Kier molecular flexibility index (Phi) is 7.37. The van der Waals surface area contributed by atoms with Crippen molar-refractivity contribution in [1.29, 1.82) is 0 Å². The average molecular weight is 362 g/mol. The third kappa shape index (κ3) is 6.96. The third-order valence-corrected chi connectivity index (χ3v) is 3.35. The van der Waals surface area contributed by atoms with Gasteiger partial charge in [-0.1, -0.05) is 12.1 Å². The van der Waals surface area contributed by atoms with Crippen LogP contribution in [0.2, 0.25) is 0 Å². The van der Waals surface area contributed by atoms with Crippen molar-refractivity contribution in [2.24, 2.45) is 0 Å². The van der Waals surface area contributed by atoms with Crippen LogP contribution in [-0.4, -0.2) is 46.7 Å². The average Bonchev–Trinajstić information content (AvgIpc) is 2.51. The summed E-state index contributed by atoms with van der Waals surface area (Å²) in [5.74, 6) is -1.52. The number of aromatic carboxylic acids is 1. The molecule has 0 aliphatic heterocycles. The van der Waals surface area contributed by atoms with Crippen LogP contribution in [0, 0.1) is 6.92 Å². The fourth-order valence-corrected chi connectivity index (χ4v) is 2.06. The summed E-state index contributed by atoms with van der Waals surface area (Å²) in [5, 5.41) is 11.7. The van der Waals surface area contributed by atoms with Crippen LogP contribution in [0.25, 0.3) is 0 Å². The summed E-state index contributed by atoms with van der Waals surface area (Å²) in [7, 11) is 0. The molecule has 0 atom stereocenters. The van der Waals surface area contributed by atoms with E-state index in [1.165, 1.54) is 17.0 Å². The Bertz CT molecular complexity index is 692. The predicted octanol–water partition coefficient (Wildman–Crippen LogP) is 3.44. The summed E-state index contributed by atoms with van der Waals surface area (Å²) >= 11 is 0. The monoisotopic (exact) mass is 362 g/mol. The van der Waals surface area contributed by atoms with Crippen molar-refractivity contribution in [3.8, 4) is 0 Å². The molecule has 0 spiro atoms. The summed E-state index contributed by atoms with van der Waals surface area (Å²) in [4.78, 5) is 37.0. The zero-order valence-corrected chi connectivity index (χ0v) is 15.7. The summed E-state index contributed by atoms with van der Waals surface area (Å²) in [6.45, 7) is 10.7. The zero-order chi connectivity index (χ0) is 19.9. The first kappa shape index (κ1) is 21.2. The quantitative estimate of drug-likeness (QED) is 0.724. The highest BCUT2D eigenvalue weighted by atomic mass is 16.6. The molecule has 26 heavy (non-hydrogen) atoms. The van der Waals surface area contributed by atoms with Crippen molar-refractivity contribution in [3.05, 3.63) is 42.0 Å². The summed E-state index contributed by atoms with van der Waals surface area (Å²) in [5.41, 5.74) is 0.509. The van der Waals surface area contributed by atoms with E-state index in [9.17, 15) is 14.4 Å². The Morgan fingerprint density at radius 3 is 2.50 bits per heavy atom. The van der Waals surface area contributed by atoms with E-state index in [1.54, 1.807) is 39.8 Å². The lowest BCUT2D eigenvalue weighted by molar-refractivity contribution is -0.117. The second kappa shape index (κ2) is 9.03. The number of ether oxygens (including phenoxy) is 1. The smallest absolute Gasteiger partial charge is 0.410 e. The number of carboxylic acids is 1. The minimum Gasteiger partial charge on any atom is -0.478 e. The predicted molar refractivity (Wildman–Crippen MR) is 99.4 cm³/mol. The molecule has 0 saturated heterocycles. The fourth-order valence-electron chi connectivity index (χ4n) is 2.06. The summed E-state index contributed by atoms with van der Waals surface area (Å²) < 4.78 is 5.32. The highest BCUT2D eigenvalue weighted by molar-refractivity contribution is 5.96. The van der Waals surface area contributed by atoms with Gasteiger partial charge in [-0.3, -0.25) is 9.69 Å². The van der Waals surface area contributed by atoms with E-state index in [4.69, 9.17) is 9.84 Å². The molecule has 142 valence electrons. The SMILES string of the molecule is C=CCCN(CC(=O)Nc1cc(C(=O)O)ccc1C)C(=O)OC(C)(C)C. The first-order valence-electron chi connectivity index (χ1n) is 8.26. The number of hydrogen-bond donors (Lipinski definition) is 2. The normalized spacial score (nSPS) is 10.8. The van der Waals surface area contributed by atoms with Gasteiger partial charge in [-0.05, 0) is 51.8 Å². The van der Waals surface area contributed by atoms with Crippen LogP contribution in [0.15, 0.2) is 30.9 Å². The highest BCUT2D eigenvalue weighted by Gasteiger charge is 2.23. The second-order valence-electron chi connectivity index (χ2n) is 6.86. The second-order valence-corrected chi connectivity index (χ2v) is 6.86. The van der Waals surface area contributed by atoms with Gasteiger partial charge in [-0.25, -0.2) is 9.59 Å². The number of aryl methyl sites for hydroxylation is 1. The Morgan fingerprint density at radius 2 is 1.96 bits per heavy atom. The zero-order valence-electron chi connectivity index (χ0n) is 15.7. The van der Waals surface area contributed by atoms with Gasteiger partial charge in [0.25, 0.3) is 0 Å². The lowest BCUT2D eigenvalue weighted by atomic mass is 10.1. The van der Waals surface area contributed by atoms with Gasteiger partial charge in [0.1, 0.15) is 12.1 Å². The number of amides is 2. The minimum atomic E-state index is -1.08. The topological polar surface area (TPSA) is 95.9 Å². The van der Waals surface area contributed by atoms with E-state index in [2.05, 4.69) is 11.9 Å². The molecule has 2 amide bonds. The molecule has 0 aromatic heterocycles. The molecule has 0 heterocycles. The number of anilines is 1. The van der Waals surface area contributed by atoms with E-state index in [-0.39, 0.29) is 12.1 Å². The molecule has 1 rings (SSSR count). The molecule has 2 N–H and O–H groups in total. The Morgan fingerprint density at radius 1 is 1.31 bits per heavy atom. The van der Waals surface area contributed by atoms with Crippen LogP contribution in [0.4, 0.5) is 10.5 Å². The van der Waals surface area contributed by atoms with E-state index < -0.39 is 23.6 Å². The van der Waals surface area contributed by atoms with Crippen LogP contribution in [0.1, 0.15) is 43.1 Å². The van der Waals surface area contributed by atoms with Gasteiger partial charge in [-0.15, -0.1) is 6.58 Å². The number of hydrogen-bond acceptors (Lipinski definition) is 4. The molecule has 7 nitrogen and oxygen atoms in total. The van der Waals surface area contributed by atoms with Crippen molar-refractivity contribution in [2.75, 3.05) is 18.4 Å². The molecular formula is C19H26N2O5. The maximum Gasteiger partial charge on any atom is 0.410 e. The van der Waals surface area contributed by atoms with E-state index in [0.717, 1.165) is 5.56 Å². The van der Waals surface area contributed by atoms with Crippen molar-refractivity contribution in [1.82, 2.24) is 4.90 Å². The molecule has 0 unspecified atom stereocenters. The number of carbonyl (C=O) groups is 3. The van der Waals surface area contributed by atoms with Gasteiger partial charge in [0.15, 0.2) is 0 Å². The van der Waals surface area contributed by atoms with Gasteiger partial charge in [0.2, 0.25) is 5.91 Å². The summed E-state index contributed by atoms with van der Waals surface area (Å²) in [6, 6.07) is 4.46. The van der Waals surface area contributed by atoms with Crippen LogP contribution < -0.4 is 5.32 Å². The van der Waals surface area contributed by atoms with Crippen molar-refractivity contribution < 1.29 is 24.2 Å². The lowest BCUT2D eigenvalue weighted by Gasteiger charge is -2.27. The molecule has 0 radical (unpaired) electrons. The van der Waals surface area contributed by atoms with Crippen molar-refractivity contribution >= 4 is 23.7 Å². The van der Waals surface area contributed by atoms with E-state index in [0.29, 0.717) is 18.7 Å². The van der Waals surface area contributed by atoms with Crippen LogP contribution in [-0.2, 0) is 9.53 Å². The molecule has 1 aromatic carbocycles. The number of carbonyl (C=O) groups excluding carboxylic acids is 2. The van der Waals surface area contributed by atoms with Crippen molar-refractivity contribution in [3.63, 3.8) is 0 Å². The Hall–Kier alpha value is -2.83. The number of rotatable bonds is 7. The third-order valence-electron chi connectivity index (χ3n) is 3.35. The molecule has 0 fully saturated rings. The van der Waals surface area contributed by atoms with Gasteiger partial charge < -0.3 is 15.2 Å². The number of carboxylic acid groups (broad SMARTS) is 1. The lowest BCUT2D eigenvalue weighted by Crippen LogP contribution is -2.41. The maximum atomic E-state index is 12.4. The fraction of sp³-hybridized carbons (Fsp3) is 0.421. The first-order chi connectivity index (χ1) is 12.0. The number of benzene rings is 1. The van der Waals surface area contributed by atoms with E-state index >= 15 is 0 Å². The van der Waals surface area contributed by atoms with Crippen LogP contribution >= 0.6 is 0 Å². The molecule has 0 aliphatic rings. The minimum absolute atomic E-state index is 0.0709. The Labute approximate surface area is 153 Å². The molecule has 0 aliphatic carbocycles. The molecular weight excluding hydrogens is 336 g/mol. The van der Waals surface area contributed by atoms with Crippen molar-refractivity contribution in [2.45, 2.75) is 39.7 Å². The maximum absolute atomic E-state index is 12.4. The van der Waals surface area contributed by atoms with E-state index in [1.807, 2.05) is 0 Å². The van der Waals surface area contributed by atoms with Gasteiger partial charge in [0, 0.05) is 12.2 Å². The number of nitrogens with zero attached hydrogens (tertiary/aromatic N) is 1. The summed E-state index contributed by atoms with van der Waals surface area (Å²) in [6.07, 6.45) is 1.57. The largest absolute Gasteiger partial charge is 0.478 e. The molecule has 0 saturated carbocycles. The standard InChI is InChI=1S/C19H26N2O5/c1-6-7-10-21(18(25)26-19(3,4)5)12-16(22)20-15-11-14(17(23)24)9-8-13(15)2/h6,8-9,11H,1,7,10,12H2,2-5H3,(H,20,22)(H,23,24).